The summed E-state index contributed by atoms with van der Waals surface area (Å²) in [4.78, 5) is 4.58. The minimum atomic E-state index is 0. The first-order chi connectivity index (χ1) is 10.9. The van der Waals surface area contributed by atoms with E-state index < -0.39 is 0 Å². The van der Waals surface area contributed by atoms with Gasteiger partial charge in [0.15, 0.2) is 5.96 Å². The third kappa shape index (κ3) is 8.88. The lowest BCUT2D eigenvalue weighted by Crippen LogP contribution is -2.38. The molecule has 0 aliphatic carbocycles. The number of ether oxygens (including phenoxy) is 2. The summed E-state index contributed by atoms with van der Waals surface area (Å²) < 4.78 is 11.2. The molecule has 1 atom stereocenters. The predicted octanol–water partition coefficient (Wildman–Crippen LogP) is 3.01. The van der Waals surface area contributed by atoms with Crippen molar-refractivity contribution in [2.24, 2.45) is 4.99 Å². The van der Waals surface area contributed by atoms with Gasteiger partial charge in [0.2, 0.25) is 0 Å². The molecular formula is C16H28IN3O2S. The highest BCUT2D eigenvalue weighted by Crippen LogP contribution is 2.11. The van der Waals surface area contributed by atoms with Crippen LogP contribution in [0.2, 0.25) is 0 Å². The lowest BCUT2D eigenvalue weighted by Gasteiger charge is -2.12. The Morgan fingerprint density at radius 1 is 1.48 bits per heavy atom. The largest absolute Gasteiger partial charge is 0.379 e. The molecule has 1 aromatic rings. The number of nitrogens with zero attached hydrogens (tertiary/aromatic N) is 1. The standard InChI is InChI=1S/C16H27N3O2S.HI/c1-2-17-16(19-11-14-6-10-22-13-14)18-7-4-8-20-12-15-5-3-9-21-15;/h6,10,13,15H,2-5,7-9,11-12H2,1H3,(H2,17,18,19);1H. The second-order valence-corrected chi connectivity index (χ2v) is 6.10. The minimum Gasteiger partial charge on any atom is -0.379 e. The SMILES string of the molecule is CCNC(=NCc1ccsc1)NCCCOCC1CCCO1.I. The van der Waals surface area contributed by atoms with Crippen LogP contribution < -0.4 is 10.6 Å². The number of rotatable bonds is 9. The fourth-order valence-corrected chi connectivity index (χ4v) is 2.93. The van der Waals surface area contributed by atoms with Crippen LogP contribution in [0.15, 0.2) is 21.8 Å². The molecule has 5 nitrogen and oxygen atoms in total. The van der Waals surface area contributed by atoms with E-state index in [1.54, 1.807) is 11.3 Å². The molecule has 23 heavy (non-hydrogen) atoms. The molecule has 0 spiro atoms. The minimum absolute atomic E-state index is 0. The maximum Gasteiger partial charge on any atom is 0.191 e. The summed E-state index contributed by atoms with van der Waals surface area (Å²) in [5, 5.41) is 10.8. The Bertz CT molecular complexity index is 423. The molecule has 1 aromatic heterocycles. The van der Waals surface area contributed by atoms with Gasteiger partial charge in [-0.05, 0) is 48.6 Å². The lowest BCUT2D eigenvalue weighted by molar-refractivity contribution is 0.0168. The average molecular weight is 453 g/mol. The van der Waals surface area contributed by atoms with Crippen LogP contribution in [0.5, 0.6) is 0 Å². The zero-order chi connectivity index (χ0) is 15.5. The highest BCUT2D eigenvalue weighted by molar-refractivity contribution is 14.0. The van der Waals surface area contributed by atoms with Crippen molar-refractivity contribution in [3.63, 3.8) is 0 Å². The number of guanidine groups is 1. The molecule has 1 unspecified atom stereocenters. The fourth-order valence-electron chi connectivity index (χ4n) is 2.27. The van der Waals surface area contributed by atoms with Crippen LogP contribution in [0.4, 0.5) is 0 Å². The first kappa shape index (κ1) is 20.7. The van der Waals surface area contributed by atoms with E-state index in [2.05, 4.69) is 39.4 Å². The monoisotopic (exact) mass is 453 g/mol. The molecule has 1 fully saturated rings. The van der Waals surface area contributed by atoms with Gasteiger partial charge in [0.05, 0.1) is 19.3 Å². The Balaban J connectivity index is 0.00000264. The van der Waals surface area contributed by atoms with E-state index >= 15 is 0 Å². The number of hydrogen-bond acceptors (Lipinski definition) is 4. The highest BCUT2D eigenvalue weighted by atomic mass is 127. The molecule has 0 bridgehead atoms. The van der Waals surface area contributed by atoms with Crippen LogP contribution in [0.25, 0.3) is 0 Å². The molecule has 1 saturated heterocycles. The van der Waals surface area contributed by atoms with Gasteiger partial charge >= 0.3 is 0 Å². The third-order valence-corrected chi connectivity index (χ3v) is 4.16. The molecule has 0 aromatic carbocycles. The molecule has 132 valence electrons. The Morgan fingerprint density at radius 2 is 2.39 bits per heavy atom. The Morgan fingerprint density at radius 3 is 3.09 bits per heavy atom. The van der Waals surface area contributed by atoms with Crippen LogP contribution in [-0.2, 0) is 16.0 Å². The zero-order valence-corrected chi connectivity index (χ0v) is 16.9. The quantitative estimate of drug-likeness (QED) is 0.261. The fraction of sp³-hybridized carbons (Fsp3) is 0.688. The smallest absolute Gasteiger partial charge is 0.191 e. The van der Waals surface area contributed by atoms with Gasteiger partial charge < -0.3 is 20.1 Å². The van der Waals surface area contributed by atoms with Crippen molar-refractivity contribution < 1.29 is 9.47 Å². The molecule has 7 heteroatoms. The van der Waals surface area contributed by atoms with E-state index in [1.165, 1.54) is 12.0 Å². The van der Waals surface area contributed by atoms with Crippen LogP contribution in [0.1, 0.15) is 31.7 Å². The molecular weight excluding hydrogens is 425 g/mol. The number of aliphatic imine (C=N–C) groups is 1. The summed E-state index contributed by atoms with van der Waals surface area (Å²) in [6.07, 6.45) is 3.59. The molecule has 1 aliphatic heterocycles. The first-order valence-corrected chi connectivity index (χ1v) is 9.05. The highest BCUT2D eigenvalue weighted by Gasteiger charge is 2.14. The van der Waals surface area contributed by atoms with Gasteiger partial charge in [0.1, 0.15) is 0 Å². The van der Waals surface area contributed by atoms with Crippen LogP contribution in [-0.4, -0.2) is 45.0 Å². The van der Waals surface area contributed by atoms with E-state index in [-0.39, 0.29) is 24.0 Å². The van der Waals surface area contributed by atoms with Crippen LogP contribution >= 0.6 is 35.3 Å². The van der Waals surface area contributed by atoms with E-state index in [0.29, 0.717) is 12.6 Å². The summed E-state index contributed by atoms with van der Waals surface area (Å²) in [6.45, 7) is 6.90. The normalized spacial score (nSPS) is 17.8. The van der Waals surface area contributed by atoms with Gasteiger partial charge in [-0.3, -0.25) is 0 Å². The van der Waals surface area contributed by atoms with Crippen molar-refractivity contribution in [2.75, 3.05) is 32.9 Å². The molecule has 0 radical (unpaired) electrons. The number of nitrogens with one attached hydrogen (secondary N) is 2. The Kier molecular flexibility index (Phi) is 11.7. The predicted molar refractivity (Wildman–Crippen MR) is 107 cm³/mol. The molecule has 1 aliphatic rings. The maximum absolute atomic E-state index is 5.65. The van der Waals surface area contributed by atoms with Gasteiger partial charge in [-0.1, -0.05) is 0 Å². The number of thiophene rings is 1. The van der Waals surface area contributed by atoms with Crippen molar-refractivity contribution >= 4 is 41.3 Å². The van der Waals surface area contributed by atoms with Crippen molar-refractivity contribution in [3.8, 4) is 0 Å². The second-order valence-electron chi connectivity index (χ2n) is 5.32. The lowest BCUT2D eigenvalue weighted by atomic mass is 10.2. The average Bonchev–Trinajstić information content (AvgIpc) is 3.21. The number of hydrogen-bond donors (Lipinski definition) is 2. The summed E-state index contributed by atoms with van der Waals surface area (Å²) in [7, 11) is 0. The summed E-state index contributed by atoms with van der Waals surface area (Å²) in [6, 6.07) is 2.11. The van der Waals surface area contributed by atoms with Crippen molar-refractivity contribution in [1.29, 1.82) is 0 Å². The topological polar surface area (TPSA) is 54.9 Å². The summed E-state index contributed by atoms with van der Waals surface area (Å²) in [5.41, 5.74) is 1.25. The maximum atomic E-state index is 5.65. The Labute approximate surface area is 160 Å². The van der Waals surface area contributed by atoms with Gasteiger partial charge in [0.25, 0.3) is 0 Å². The van der Waals surface area contributed by atoms with Crippen molar-refractivity contribution in [3.05, 3.63) is 22.4 Å². The number of halogens is 1. The van der Waals surface area contributed by atoms with Gasteiger partial charge in [-0.25, -0.2) is 4.99 Å². The molecule has 0 saturated carbocycles. The van der Waals surface area contributed by atoms with E-state index in [9.17, 15) is 0 Å². The second kappa shape index (κ2) is 13.0. The van der Waals surface area contributed by atoms with Crippen molar-refractivity contribution in [1.82, 2.24) is 10.6 Å². The summed E-state index contributed by atoms with van der Waals surface area (Å²) >= 11 is 1.71. The van der Waals surface area contributed by atoms with E-state index in [0.717, 1.165) is 51.7 Å². The van der Waals surface area contributed by atoms with Gasteiger partial charge in [-0.2, -0.15) is 11.3 Å². The molecule has 2 rings (SSSR count). The van der Waals surface area contributed by atoms with Crippen LogP contribution in [0.3, 0.4) is 0 Å². The zero-order valence-electron chi connectivity index (χ0n) is 13.8. The Hall–Kier alpha value is -0.380. The molecule has 0 amide bonds. The summed E-state index contributed by atoms with van der Waals surface area (Å²) in [5.74, 6) is 0.868. The van der Waals surface area contributed by atoms with E-state index in [1.807, 2.05) is 0 Å². The third-order valence-electron chi connectivity index (χ3n) is 3.43. The van der Waals surface area contributed by atoms with Gasteiger partial charge in [0, 0.05) is 26.3 Å². The molecule has 2 N–H and O–H groups in total. The first-order valence-electron chi connectivity index (χ1n) is 8.11. The van der Waals surface area contributed by atoms with E-state index in [4.69, 9.17) is 9.47 Å². The van der Waals surface area contributed by atoms with Gasteiger partial charge in [-0.15, -0.1) is 24.0 Å². The van der Waals surface area contributed by atoms with Crippen LogP contribution in [0, 0.1) is 0 Å². The molecule has 2 heterocycles. The van der Waals surface area contributed by atoms with Crippen molar-refractivity contribution in [2.45, 2.75) is 38.8 Å².